The maximum absolute atomic E-state index is 12.5. The van der Waals surface area contributed by atoms with Crippen molar-refractivity contribution in [2.24, 2.45) is 0 Å². The summed E-state index contributed by atoms with van der Waals surface area (Å²) in [5.74, 6) is 0.258. The quantitative estimate of drug-likeness (QED) is 0.298. The smallest absolute Gasteiger partial charge is 0.447 e. The minimum atomic E-state index is -4.48. The van der Waals surface area contributed by atoms with E-state index in [1.165, 1.54) is 29.2 Å². The molecule has 0 saturated carbocycles. The van der Waals surface area contributed by atoms with Gasteiger partial charge in [-0.1, -0.05) is 6.92 Å². The molecule has 2 N–H and O–H groups in total. The van der Waals surface area contributed by atoms with Gasteiger partial charge in [-0.15, -0.1) is 0 Å². The molecule has 0 fully saturated rings. The number of hydrogen-bond acceptors (Lipinski definition) is 6. The zero-order chi connectivity index (χ0) is 21.2. The third kappa shape index (κ3) is 5.86. The Balaban J connectivity index is 0.00000320. The molecule has 7 nitrogen and oxygen atoms in total. The van der Waals surface area contributed by atoms with Gasteiger partial charge in [-0.25, -0.2) is 23.7 Å². The molecule has 1 atom stereocenters. The standard InChI is InChI=1S/C16H13F5N4O2S2.H2O/c1-2-29(26)11-3-9(27-7-12(17)18)5-22-15(11)10-6-25-8-23-14(4-13(25)24-10)28-16(19,20)21;/h3-6,8,12H,2,7H2,1H3;1H2. The van der Waals surface area contributed by atoms with E-state index < -0.39 is 29.3 Å². The lowest BCUT2D eigenvalue weighted by atomic mass is 10.3. The van der Waals surface area contributed by atoms with Crippen LogP contribution in [-0.4, -0.2) is 53.3 Å². The third-order valence-corrected chi connectivity index (χ3v) is 5.49. The van der Waals surface area contributed by atoms with Crippen LogP contribution in [-0.2, 0) is 10.8 Å². The zero-order valence-electron chi connectivity index (χ0n) is 15.2. The number of aromatic nitrogens is 4. The maximum atomic E-state index is 12.5. The van der Waals surface area contributed by atoms with Gasteiger partial charge in [-0.05, 0) is 0 Å². The van der Waals surface area contributed by atoms with E-state index in [0.29, 0.717) is 0 Å². The summed E-state index contributed by atoms with van der Waals surface area (Å²) in [4.78, 5) is 12.3. The molecule has 3 aromatic rings. The van der Waals surface area contributed by atoms with Crippen LogP contribution in [0.5, 0.6) is 5.75 Å². The molecule has 0 aliphatic carbocycles. The summed E-state index contributed by atoms with van der Waals surface area (Å²) in [6.07, 6.45) is 1.17. The van der Waals surface area contributed by atoms with Crippen molar-refractivity contribution in [1.29, 1.82) is 0 Å². The van der Waals surface area contributed by atoms with Crippen LogP contribution in [0.25, 0.3) is 17.0 Å². The fraction of sp³-hybridized carbons (Fsp3) is 0.312. The molecule has 0 spiro atoms. The Morgan fingerprint density at radius 1 is 1.27 bits per heavy atom. The number of ether oxygens (including phenoxy) is 1. The van der Waals surface area contributed by atoms with Crippen molar-refractivity contribution in [3.05, 3.63) is 30.9 Å². The molecule has 14 heteroatoms. The minimum absolute atomic E-state index is 0. The highest BCUT2D eigenvalue weighted by Crippen LogP contribution is 2.36. The van der Waals surface area contributed by atoms with Crippen molar-refractivity contribution in [2.45, 2.75) is 28.8 Å². The Morgan fingerprint density at radius 3 is 2.63 bits per heavy atom. The zero-order valence-corrected chi connectivity index (χ0v) is 16.8. The summed E-state index contributed by atoms with van der Waals surface area (Å²) in [5.41, 5.74) is -3.84. The van der Waals surface area contributed by atoms with Crippen molar-refractivity contribution in [2.75, 3.05) is 12.4 Å². The number of imidazole rings is 1. The topological polar surface area (TPSA) is 101 Å². The molecule has 30 heavy (non-hydrogen) atoms. The van der Waals surface area contributed by atoms with Gasteiger partial charge in [0.25, 0.3) is 6.43 Å². The first-order valence-electron chi connectivity index (χ1n) is 8.06. The Bertz CT molecular complexity index is 1050. The Kier molecular flexibility index (Phi) is 7.71. The Labute approximate surface area is 173 Å². The average Bonchev–Trinajstić information content (AvgIpc) is 3.07. The van der Waals surface area contributed by atoms with Gasteiger partial charge in [-0.2, -0.15) is 13.2 Å². The van der Waals surface area contributed by atoms with E-state index in [1.807, 2.05) is 0 Å². The second-order valence-electron chi connectivity index (χ2n) is 5.52. The molecule has 1 unspecified atom stereocenters. The molecule has 0 aromatic carbocycles. The van der Waals surface area contributed by atoms with Crippen LogP contribution >= 0.6 is 11.8 Å². The molecule has 0 aliphatic heterocycles. The van der Waals surface area contributed by atoms with Crippen LogP contribution in [0.4, 0.5) is 22.0 Å². The first-order chi connectivity index (χ1) is 13.7. The van der Waals surface area contributed by atoms with Crippen LogP contribution in [0.3, 0.4) is 0 Å². The molecular formula is C16H15F5N4O3S2. The highest BCUT2D eigenvalue weighted by Gasteiger charge is 2.30. The van der Waals surface area contributed by atoms with Crippen LogP contribution in [0.2, 0.25) is 0 Å². The summed E-state index contributed by atoms with van der Waals surface area (Å²) in [7, 11) is -1.51. The van der Waals surface area contributed by atoms with Crippen molar-refractivity contribution in [3.8, 4) is 17.1 Å². The predicted molar refractivity (Wildman–Crippen MR) is 100 cm³/mol. The Morgan fingerprint density at radius 2 is 2.00 bits per heavy atom. The van der Waals surface area contributed by atoms with Crippen LogP contribution in [0.1, 0.15) is 6.92 Å². The predicted octanol–water partition coefficient (Wildman–Crippen LogP) is 3.35. The molecule has 164 valence electrons. The minimum Gasteiger partial charge on any atom is -0.486 e. The lowest BCUT2D eigenvalue weighted by Gasteiger charge is -2.09. The first-order valence-corrected chi connectivity index (χ1v) is 10.2. The first kappa shape index (κ1) is 24.0. The van der Waals surface area contributed by atoms with Crippen molar-refractivity contribution in [1.82, 2.24) is 19.4 Å². The summed E-state index contributed by atoms with van der Waals surface area (Å²) in [6, 6.07) is 2.51. The van der Waals surface area contributed by atoms with E-state index in [-0.39, 0.29) is 55.7 Å². The number of rotatable bonds is 7. The molecule has 3 aromatic heterocycles. The van der Waals surface area contributed by atoms with E-state index in [4.69, 9.17) is 4.74 Å². The van der Waals surface area contributed by atoms with Gasteiger partial charge in [0.2, 0.25) is 0 Å². The summed E-state index contributed by atoms with van der Waals surface area (Å²) in [6.45, 7) is 0.833. The number of hydrogen-bond donors (Lipinski definition) is 0. The average molecular weight is 470 g/mol. The van der Waals surface area contributed by atoms with Gasteiger partial charge in [0.15, 0.2) is 0 Å². The normalized spacial score (nSPS) is 12.8. The van der Waals surface area contributed by atoms with E-state index in [1.54, 1.807) is 6.92 Å². The van der Waals surface area contributed by atoms with Gasteiger partial charge in [0, 0.05) is 35.8 Å². The number of fused-ring (bicyclic) bond motifs is 1. The largest absolute Gasteiger partial charge is 0.486 e. The lowest BCUT2D eigenvalue weighted by Crippen LogP contribution is -2.08. The van der Waals surface area contributed by atoms with Gasteiger partial charge < -0.3 is 10.2 Å². The van der Waals surface area contributed by atoms with Crippen molar-refractivity contribution >= 4 is 28.2 Å². The highest BCUT2D eigenvalue weighted by molar-refractivity contribution is 8.00. The number of pyridine rings is 1. The number of alkyl halides is 5. The van der Waals surface area contributed by atoms with Crippen molar-refractivity contribution in [3.63, 3.8) is 0 Å². The number of nitrogens with zero attached hydrogens (tertiary/aromatic N) is 4. The van der Waals surface area contributed by atoms with Gasteiger partial charge in [-0.3, -0.25) is 8.61 Å². The molecule has 0 amide bonds. The fourth-order valence-corrected chi connectivity index (χ4v) is 3.78. The molecule has 3 rings (SSSR count). The third-order valence-electron chi connectivity index (χ3n) is 3.50. The molecule has 0 aliphatic rings. The van der Waals surface area contributed by atoms with E-state index in [2.05, 4.69) is 15.0 Å². The van der Waals surface area contributed by atoms with Gasteiger partial charge in [0.05, 0.1) is 21.9 Å². The van der Waals surface area contributed by atoms with E-state index in [9.17, 15) is 26.2 Å². The van der Waals surface area contributed by atoms with Crippen LogP contribution in [0, 0.1) is 0 Å². The lowest BCUT2D eigenvalue weighted by molar-refractivity contribution is -0.0329. The van der Waals surface area contributed by atoms with Crippen molar-refractivity contribution < 1.29 is 36.4 Å². The molecule has 0 radical (unpaired) electrons. The monoisotopic (exact) mass is 470 g/mol. The van der Waals surface area contributed by atoms with E-state index >= 15 is 0 Å². The SMILES string of the molecule is CCS(=O)c1cc(OCC(F)F)cnc1-c1cn2cnc(SC(F)(F)F)cc2n1.O. The van der Waals surface area contributed by atoms with E-state index in [0.717, 1.165) is 6.07 Å². The highest BCUT2D eigenvalue weighted by atomic mass is 32.2. The Hall–Kier alpha value is -2.32. The summed E-state index contributed by atoms with van der Waals surface area (Å²) < 4.78 is 81.0. The summed E-state index contributed by atoms with van der Waals surface area (Å²) >= 11 is -0.364. The summed E-state index contributed by atoms with van der Waals surface area (Å²) in [5, 5.41) is -0.275. The molecule has 0 saturated heterocycles. The molecular weight excluding hydrogens is 455 g/mol. The number of halogens is 5. The second kappa shape index (κ2) is 9.66. The van der Waals surface area contributed by atoms with Crippen LogP contribution < -0.4 is 4.74 Å². The number of thioether (sulfide) groups is 1. The van der Waals surface area contributed by atoms with Gasteiger partial charge >= 0.3 is 5.51 Å². The fourth-order valence-electron chi connectivity index (χ4n) is 2.35. The maximum Gasteiger partial charge on any atom is 0.447 e. The van der Waals surface area contributed by atoms with Crippen LogP contribution in [0.15, 0.2) is 40.8 Å². The molecule has 0 bridgehead atoms. The van der Waals surface area contributed by atoms with Gasteiger partial charge in [0.1, 0.15) is 40.7 Å². The second-order valence-corrected chi connectivity index (χ2v) is 8.31. The molecule has 3 heterocycles.